The number of piperidine rings is 1. The van der Waals surface area contributed by atoms with Crippen LogP contribution in [-0.4, -0.2) is 11.8 Å². The van der Waals surface area contributed by atoms with Crippen LogP contribution in [0.2, 0.25) is 0 Å². The number of rotatable bonds is 3. The van der Waals surface area contributed by atoms with Crippen molar-refractivity contribution in [2.24, 2.45) is 0 Å². The van der Waals surface area contributed by atoms with Gasteiger partial charge in [0.1, 0.15) is 0 Å². The summed E-state index contributed by atoms with van der Waals surface area (Å²) in [6.07, 6.45) is 8.28. The fraction of sp³-hybridized carbons (Fsp3) is 0.600. The van der Waals surface area contributed by atoms with Crippen LogP contribution in [0.3, 0.4) is 0 Å². The summed E-state index contributed by atoms with van der Waals surface area (Å²) in [6.45, 7) is 1.19. The van der Waals surface area contributed by atoms with Gasteiger partial charge in [-0.25, -0.2) is 0 Å². The normalized spacial score (nSPS) is 25.5. The first-order valence-electron chi connectivity index (χ1n) is 6.92. The van der Waals surface area contributed by atoms with Crippen LogP contribution in [0.5, 0.6) is 0 Å². The van der Waals surface area contributed by atoms with Crippen LogP contribution in [0, 0.1) is 0 Å². The molecule has 2 aliphatic rings. The SMILES string of the molecule is c1ccc(C2CCCCN2)c(SC2CCC2)c1. The quantitative estimate of drug-likeness (QED) is 0.861. The molecule has 1 heterocycles. The van der Waals surface area contributed by atoms with Crippen LogP contribution in [0.15, 0.2) is 29.2 Å². The van der Waals surface area contributed by atoms with Gasteiger partial charge in [-0.3, -0.25) is 0 Å². The topological polar surface area (TPSA) is 12.0 Å². The summed E-state index contributed by atoms with van der Waals surface area (Å²) in [5.74, 6) is 0. The zero-order chi connectivity index (χ0) is 11.5. The Morgan fingerprint density at radius 2 is 1.88 bits per heavy atom. The molecule has 1 aliphatic heterocycles. The summed E-state index contributed by atoms with van der Waals surface area (Å²) in [6, 6.07) is 9.62. The molecule has 0 amide bonds. The minimum Gasteiger partial charge on any atom is -0.310 e. The molecule has 17 heavy (non-hydrogen) atoms. The van der Waals surface area contributed by atoms with E-state index in [9.17, 15) is 0 Å². The van der Waals surface area contributed by atoms with Gasteiger partial charge in [-0.2, -0.15) is 0 Å². The smallest absolute Gasteiger partial charge is 0.0331 e. The first kappa shape index (κ1) is 11.6. The van der Waals surface area contributed by atoms with Crippen LogP contribution >= 0.6 is 11.8 Å². The Bertz CT molecular complexity index is 367. The first-order chi connectivity index (χ1) is 8.43. The van der Waals surface area contributed by atoms with Crippen molar-refractivity contribution in [1.29, 1.82) is 0 Å². The molecule has 1 N–H and O–H groups in total. The van der Waals surface area contributed by atoms with E-state index in [0.29, 0.717) is 6.04 Å². The Hall–Kier alpha value is -0.470. The number of benzene rings is 1. The lowest BCUT2D eigenvalue weighted by atomic mass is 9.97. The highest BCUT2D eigenvalue weighted by molar-refractivity contribution is 8.00. The largest absolute Gasteiger partial charge is 0.310 e. The fourth-order valence-corrected chi connectivity index (χ4v) is 4.09. The van der Waals surface area contributed by atoms with Gasteiger partial charge in [-0.1, -0.05) is 31.0 Å². The molecule has 1 unspecified atom stereocenters. The molecule has 1 aliphatic carbocycles. The van der Waals surface area contributed by atoms with Crippen LogP contribution in [0.1, 0.15) is 50.1 Å². The third-order valence-electron chi connectivity index (χ3n) is 3.95. The number of hydrogen-bond donors (Lipinski definition) is 1. The van der Waals surface area contributed by atoms with Gasteiger partial charge >= 0.3 is 0 Å². The predicted octanol–water partition coefficient (Wildman–Crippen LogP) is 4.15. The molecule has 0 bridgehead atoms. The van der Waals surface area contributed by atoms with Crippen molar-refractivity contribution >= 4 is 11.8 Å². The van der Waals surface area contributed by atoms with Gasteiger partial charge in [-0.05, 0) is 43.9 Å². The highest BCUT2D eigenvalue weighted by Crippen LogP contribution is 2.40. The molecule has 0 spiro atoms. The van der Waals surface area contributed by atoms with E-state index >= 15 is 0 Å². The van der Waals surface area contributed by atoms with Gasteiger partial charge in [0, 0.05) is 16.2 Å². The molecule has 92 valence electrons. The lowest BCUT2D eigenvalue weighted by molar-refractivity contribution is 0.408. The summed E-state index contributed by atoms with van der Waals surface area (Å²) >= 11 is 2.11. The summed E-state index contributed by atoms with van der Waals surface area (Å²) in [5.41, 5.74) is 1.55. The average Bonchev–Trinajstić information content (AvgIpc) is 2.35. The lowest BCUT2D eigenvalue weighted by Crippen LogP contribution is -2.27. The van der Waals surface area contributed by atoms with E-state index < -0.39 is 0 Å². The molecule has 1 saturated carbocycles. The van der Waals surface area contributed by atoms with E-state index in [4.69, 9.17) is 0 Å². The molecular weight excluding hydrogens is 226 g/mol. The maximum absolute atomic E-state index is 3.67. The van der Waals surface area contributed by atoms with E-state index in [-0.39, 0.29) is 0 Å². The minimum absolute atomic E-state index is 0.604. The molecule has 2 heteroatoms. The highest BCUT2D eigenvalue weighted by atomic mass is 32.2. The van der Waals surface area contributed by atoms with Gasteiger partial charge in [0.25, 0.3) is 0 Å². The van der Waals surface area contributed by atoms with E-state index in [1.165, 1.54) is 50.0 Å². The van der Waals surface area contributed by atoms with E-state index in [2.05, 4.69) is 41.3 Å². The molecule has 1 saturated heterocycles. The maximum Gasteiger partial charge on any atom is 0.0331 e. The second-order valence-corrected chi connectivity index (χ2v) is 6.55. The molecule has 0 radical (unpaired) electrons. The van der Waals surface area contributed by atoms with Crippen molar-refractivity contribution in [1.82, 2.24) is 5.32 Å². The number of thioether (sulfide) groups is 1. The minimum atomic E-state index is 0.604. The zero-order valence-electron chi connectivity index (χ0n) is 10.3. The van der Waals surface area contributed by atoms with Crippen molar-refractivity contribution in [3.8, 4) is 0 Å². The zero-order valence-corrected chi connectivity index (χ0v) is 11.1. The van der Waals surface area contributed by atoms with Crippen LogP contribution < -0.4 is 5.32 Å². The van der Waals surface area contributed by atoms with Crippen molar-refractivity contribution in [3.05, 3.63) is 29.8 Å². The lowest BCUT2D eigenvalue weighted by Gasteiger charge is -2.29. The van der Waals surface area contributed by atoms with Gasteiger partial charge in [-0.15, -0.1) is 11.8 Å². The summed E-state index contributed by atoms with van der Waals surface area (Å²) in [4.78, 5) is 1.52. The number of hydrogen-bond acceptors (Lipinski definition) is 2. The van der Waals surface area contributed by atoms with Crippen LogP contribution in [0.4, 0.5) is 0 Å². The van der Waals surface area contributed by atoms with Crippen molar-refractivity contribution in [3.63, 3.8) is 0 Å². The van der Waals surface area contributed by atoms with Crippen LogP contribution in [0.25, 0.3) is 0 Å². The Labute approximate surface area is 108 Å². The summed E-state index contributed by atoms with van der Waals surface area (Å²) in [7, 11) is 0. The molecule has 3 rings (SSSR count). The molecule has 2 fully saturated rings. The first-order valence-corrected chi connectivity index (χ1v) is 7.80. The van der Waals surface area contributed by atoms with Gasteiger partial charge in [0.2, 0.25) is 0 Å². The van der Waals surface area contributed by atoms with Crippen molar-refractivity contribution in [2.75, 3.05) is 6.54 Å². The standard InChI is InChI=1S/C15H21NS/c1-2-10-15(17-12-6-5-7-12)13(8-1)14-9-3-4-11-16-14/h1-2,8,10,12,14,16H,3-7,9,11H2. The monoisotopic (exact) mass is 247 g/mol. The van der Waals surface area contributed by atoms with Gasteiger partial charge in [0.15, 0.2) is 0 Å². The van der Waals surface area contributed by atoms with Gasteiger partial charge < -0.3 is 5.32 Å². The van der Waals surface area contributed by atoms with Gasteiger partial charge in [0.05, 0.1) is 0 Å². The third kappa shape index (κ3) is 2.69. The average molecular weight is 247 g/mol. The molecule has 1 nitrogen and oxygen atoms in total. The van der Waals surface area contributed by atoms with Crippen LogP contribution in [-0.2, 0) is 0 Å². The second kappa shape index (κ2) is 5.45. The summed E-state index contributed by atoms with van der Waals surface area (Å²) in [5, 5.41) is 4.56. The van der Waals surface area contributed by atoms with E-state index in [1.54, 1.807) is 5.56 Å². The van der Waals surface area contributed by atoms with Crippen molar-refractivity contribution in [2.45, 2.75) is 54.7 Å². The number of nitrogens with one attached hydrogen (secondary N) is 1. The highest BCUT2D eigenvalue weighted by Gasteiger charge is 2.22. The molecule has 1 aromatic rings. The van der Waals surface area contributed by atoms with E-state index in [0.717, 1.165) is 5.25 Å². The molecule has 0 aromatic heterocycles. The third-order valence-corrected chi connectivity index (χ3v) is 5.38. The molecular formula is C15H21NS. The Kier molecular flexibility index (Phi) is 3.72. The van der Waals surface area contributed by atoms with Crippen molar-refractivity contribution < 1.29 is 0 Å². The maximum atomic E-state index is 3.67. The Balaban J connectivity index is 1.76. The second-order valence-electron chi connectivity index (χ2n) is 5.21. The Morgan fingerprint density at radius 3 is 2.59 bits per heavy atom. The Morgan fingerprint density at radius 1 is 1.00 bits per heavy atom. The fourth-order valence-electron chi connectivity index (χ4n) is 2.66. The van der Waals surface area contributed by atoms with E-state index in [1.807, 2.05) is 0 Å². The molecule has 1 aromatic carbocycles. The predicted molar refractivity (Wildman–Crippen MR) is 74.5 cm³/mol. The summed E-state index contributed by atoms with van der Waals surface area (Å²) < 4.78 is 0. The molecule has 1 atom stereocenters.